The molecule has 2 aromatic carbocycles. The molecule has 0 bridgehead atoms. The van der Waals surface area contributed by atoms with Gasteiger partial charge in [-0.05, 0) is 45.0 Å². The number of ether oxygens (including phenoxy) is 2. The molecule has 0 saturated carbocycles. The van der Waals surface area contributed by atoms with E-state index in [1.54, 1.807) is 31.2 Å². The standard InChI is InChI=1S/C19H21NO4/c1-13-9-11-16(12-10-13)20-18(21)14(2)24-19(22)15(3)23-17-7-5-4-6-8-17/h4-12,14-15H,1-3H3,(H,20,21)/t14-,15-/m0/s1. The molecule has 0 aliphatic carbocycles. The zero-order valence-corrected chi connectivity index (χ0v) is 14.0. The first-order chi connectivity index (χ1) is 11.5. The predicted octanol–water partition coefficient (Wildman–Crippen LogP) is 3.33. The van der Waals surface area contributed by atoms with E-state index in [9.17, 15) is 9.59 Å². The second-order valence-electron chi connectivity index (χ2n) is 5.51. The fraction of sp³-hybridized carbons (Fsp3) is 0.263. The van der Waals surface area contributed by atoms with E-state index in [1.807, 2.05) is 37.3 Å². The normalized spacial score (nSPS) is 12.8. The Labute approximate surface area is 141 Å². The van der Waals surface area contributed by atoms with Gasteiger partial charge in [-0.1, -0.05) is 35.9 Å². The van der Waals surface area contributed by atoms with Crippen LogP contribution in [0.3, 0.4) is 0 Å². The average Bonchev–Trinajstić information content (AvgIpc) is 2.57. The summed E-state index contributed by atoms with van der Waals surface area (Å²) in [7, 11) is 0. The number of hydrogen-bond donors (Lipinski definition) is 1. The van der Waals surface area contributed by atoms with Gasteiger partial charge in [-0.25, -0.2) is 4.79 Å². The summed E-state index contributed by atoms with van der Waals surface area (Å²) in [5.74, 6) is -0.414. The van der Waals surface area contributed by atoms with Crippen LogP contribution in [0.5, 0.6) is 5.75 Å². The van der Waals surface area contributed by atoms with Crippen molar-refractivity contribution >= 4 is 17.6 Å². The number of esters is 1. The Hall–Kier alpha value is -2.82. The minimum absolute atomic E-state index is 0.390. The minimum atomic E-state index is -0.916. The lowest BCUT2D eigenvalue weighted by molar-refractivity contribution is -0.159. The van der Waals surface area contributed by atoms with Crippen molar-refractivity contribution in [2.24, 2.45) is 0 Å². The molecule has 1 amide bonds. The summed E-state index contributed by atoms with van der Waals surface area (Å²) < 4.78 is 10.6. The molecule has 1 N–H and O–H groups in total. The Morgan fingerprint density at radius 2 is 1.54 bits per heavy atom. The molecule has 0 aliphatic heterocycles. The van der Waals surface area contributed by atoms with E-state index in [0.29, 0.717) is 11.4 Å². The van der Waals surface area contributed by atoms with Crippen LogP contribution in [-0.4, -0.2) is 24.1 Å². The molecule has 2 atom stereocenters. The Morgan fingerprint density at radius 3 is 2.17 bits per heavy atom. The Balaban J connectivity index is 1.85. The number of aryl methyl sites for hydroxylation is 1. The fourth-order valence-electron chi connectivity index (χ4n) is 1.96. The highest BCUT2D eigenvalue weighted by Gasteiger charge is 2.23. The second kappa shape index (κ2) is 8.15. The first kappa shape index (κ1) is 17.5. The topological polar surface area (TPSA) is 64.6 Å². The van der Waals surface area contributed by atoms with Gasteiger partial charge in [-0.15, -0.1) is 0 Å². The molecule has 2 rings (SSSR count). The molecule has 0 radical (unpaired) electrons. The predicted molar refractivity (Wildman–Crippen MR) is 91.9 cm³/mol. The monoisotopic (exact) mass is 327 g/mol. The van der Waals surface area contributed by atoms with Crippen molar-refractivity contribution in [2.45, 2.75) is 33.0 Å². The first-order valence-electron chi connectivity index (χ1n) is 7.75. The van der Waals surface area contributed by atoms with Crippen molar-refractivity contribution in [2.75, 3.05) is 5.32 Å². The van der Waals surface area contributed by atoms with E-state index in [-0.39, 0.29) is 5.91 Å². The highest BCUT2D eigenvalue weighted by Crippen LogP contribution is 2.13. The molecule has 126 valence electrons. The van der Waals surface area contributed by atoms with Gasteiger partial charge >= 0.3 is 5.97 Å². The molecule has 2 aromatic rings. The van der Waals surface area contributed by atoms with Crippen molar-refractivity contribution in [1.29, 1.82) is 0 Å². The number of hydrogen-bond acceptors (Lipinski definition) is 4. The summed E-state index contributed by atoms with van der Waals surface area (Å²) in [4.78, 5) is 24.1. The number of anilines is 1. The molecule has 0 heterocycles. The Bertz CT molecular complexity index is 682. The van der Waals surface area contributed by atoms with Crippen LogP contribution < -0.4 is 10.1 Å². The molecule has 0 spiro atoms. The summed E-state index contributed by atoms with van der Waals surface area (Å²) >= 11 is 0. The smallest absolute Gasteiger partial charge is 0.347 e. The minimum Gasteiger partial charge on any atom is -0.479 e. The summed E-state index contributed by atoms with van der Waals surface area (Å²) in [5, 5.41) is 2.71. The van der Waals surface area contributed by atoms with Crippen LogP contribution in [-0.2, 0) is 14.3 Å². The van der Waals surface area contributed by atoms with Gasteiger partial charge in [0, 0.05) is 5.69 Å². The van der Waals surface area contributed by atoms with E-state index >= 15 is 0 Å². The van der Waals surface area contributed by atoms with Crippen LogP contribution in [0.15, 0.2) is 54.6 Å². The van der Waals surface area contributed by atoms with Crippen LogP contribution in [0.25, 0.3) is 0 Å². The zero-order chi connectivity index (χ0) is 17.5. The molecule has 0 saturated heterocycles. The Morgan fingerprint density at radius 1 is 0.917 bits per heavy atom. The van der Waals surface area contributed by atoms with Crippen LogP contribution >= 0.6 is 0 Å². The van der Waals surface area contributed by atoms with E-state index in [2.05, 4.69) is 5.32 Å². The van der Waals surface area contributed by atoms with Crippen LogP contribution in [0.4, 0.5) is 5.69 Å². The molecule has 24 heavy (non-hydrogen) atoms. The maximum absolute atomic E-state index is 12.1. The number of carbonyl (C=O) groups excluding carboxylic acids is 2. The highest BCUT2D eigenvalue weighted by atomic mass is 16.6. The average molecular weight is 327 g/mol. The molecular formula is C19H21NO4. The largest absolute Gasteiger partial charge is 0.479 e. The van der Waals surface area contributed by atoms with Crippen LogP contribution in [0.1, 0.15) is 19.4 Å². The van der Waals surface area contributed by atoms with Gasteiger partial charge in [-0.3, -0.25) is 4.79 Å². The van der Waals surface area contributed by atoms with Crippen LogP contribution in [0.2, 0.25) is 0 Å². The van der Waals surface area contributed by atoms with Gasteiger partial charge < -0.3 is 14.8 Å². The number of nitrogens with one attached hydrogen (secondary N) is 1. The van der Waals surface area contributed by atoms with Crippen molar-refractivity contribution in [3.05, 3.63) is 60.2 Å². The maximum Gasteiger partial charge on any atom is 0.347 e. The van der Waals surface area contributed by atoms with E-state index in [1.165, 1.54) is 6.92 Å². The van der Waals surface area contributed by atoms with E-state index in [0.717, 1.165) is 5.56 Å². The SMILES string of the molecule is Cc1ccc(NC(=O)[C@H](C)OC(=O)[C@H](C)Oc2ccccc2)cc1. The van der Waals surface area contributed by atoms with Gasteiger partial charge in [0.25, 0.3) is 5.91 Å². The number of carbonyl (C=O) groups is 2. The van der Waals surface area contributed by atoms with E-state index < -0.39 is 18.2 Å². The molecular weight excluding hydrogens is 306 g/mol. The highest BCUT2D eigenvalue weighted by molar-refractivity contribution is 5.95. The fourth-order valence-corrected chi connectivity index (χ4v) is 1.96. The molecule has 0 aliphatic rings. The van der Waals surface area contributed by atoms with Gasteiger partial charge in [0.05, 0.1) is 0 Å². The number of rotatable bonds is 6. The molecule has 0 fully saturated rings. The lowest BCUT2D eigenvalue weighted by Crippen LogP contribution is -2.35. The van der Waals surface area contributed by atoms with E-state index in [4.69, 9.17) is 9.47 Å². The number of benzene rings is 2. The second-order valence-corrected chi connectivity index (χ2v) is 5.51. The third kappa shape index (κ3) is 5.12. The quantitative estimate of drug-likeness (QED) is 0.827. The summed E-state index contributed by atoms with van der Waals surface area (Å²) in [6.45, 7) is 5.07. The summed E-state index contributed by atoms with van der Waals surface area (Å²) in [6.07, 6.45) is -1.72. The third-order valence-corrected chi connectivity index (χ3v) is 3.37. The lowest BCUT2D eigenvalue weighted by atomic mass is 10.2. The number of para-hydroxylation sites is 1. The van der Waals surface area contributed by atoms with Crippen molar-refractivity contribution < 1.29 is 19.1 Å². The maximum atomic E-state index is 12.1. The van der Waals surface area contributed by atoms with Crippen molar-refractivity contribution in [1.82, 2.24) is 0 Å². The molecule has 0 unspecified atom stereocenters. The van der Waals surface area contributed by atoms with Crippen molar-refractivity contribution in [3.8, 4) is 5.75 Å². The summed E-state index contributed by atoms with van der Waals surface area (Å²) in [6, 6.07) is 16.3. The van der Waals surface area contributed by atoms with Gasteiger partial charge in [0.2, 0.25) is 0 Å². The van der Waals surface area contributed by atoms with Gasteiger partial charge in [0.1, 0.15) is 5.75 Å². The molecule has 5 heteroatoms. The summed E-state index contributed by atoms with van der Waals surface area (Å²) in [5.41, 5.74) is 1.75. The number of amides is 1. The first-order valence-corrected chi connectivity index (χ1v) is 7.75. The molecule has 0 aromatic heterocycles. The molecule has 5 nitrogen and oxygen atoms in total. The van der Waals surface area contributed by atoms with Crippen molar-refractivity contribution in [3.63, 3.8) is 0 Å². The Kier molecular flexibility index (Phi) is 5.95. The zero-order valence-electron chi connectivity index (χ0n) is 14.0. The lowest BCUT2D eigenvalue weighted by Gasteiger charge is -2.17. The third-order valence-electron chi connectivity index (χ3n) is 3.37. The van der Waals surface area contributed by atoms with Crippen LogP contribution in [0, 0.1) is 6.92 Å². The van der Waals surface area contributed by atoms with Gasteiger partial charge in [0.15, 0.2) is 12.2 Å². The van der Waals surface area contributed by atoms with Gasteiger partial charge in [-0.2, -0.15) is 0 Å².